The first-order chi connectivity index (χ1) is 14.9. The Balaban J connectivity index is 2.17. The van der Waals surface area contributed by atoms with Crippen LogP contribution in [0.15, 0.2) is 23.2 Å². The van der Waals surface area contributed by atoms with E-state index < -0.39 is 23.8 Å². The third-order valence-corrected chi connectivity index (χ3v) is 5.53. The largest absolute Gasteiger partial charge is 0.506 e. The van der Waals surface area contributed by atoms with E-state index in [1.807, 2.05) is 6.92 Å². The monoisotopic (exact) mass is 449 g/mol. The molecule has 2 rings (SSSR count). The quantitative estimate of drug-likeness (QED) is 0.266. The van der Waals surface area contributed by atoms with Gasteiger partial charge in [0.05, 0.1) is 0 Å². The molecule has 0 spiro atoms. The molecular formula is C23H32ClN3O4. The lowest BCUT2D eigenvalue weighted by atomic mass is 10.0. The average molecular weight is 450 g/mol. The van der Waals surface area contributed by atoms with E-state index in [0.29, 0.717) is 17.9 Å². The van der Waals surface area contributed by atoms with Gasteiger partial charge in [0.2, 0.25) is 11.8 Å². The number of nitrogens with zero attached hydrogens (tertiary/aromatic N) is 3. The van der Waals surface area contributed by atoms with Crippen molar-refractivity contribution in [3.05, 3.63) is 23.2 Å². The highest BCUT2D eigenvalue weighted by Gasteiger charge is 2.44. The van der Waals surface area contributed by atoms with Gasteiger partial charge in [-0.15, -0.1) is 0 Å². The fraction of sp³-hybridized carbons (Fsp3) is 0.565. The zero-order valence-corrected chi connectivity index (χ0v) is 19.1. The van der Waals surface area contributed by atoms with Gasteiger partial charge in [-0.25, -0.2) is 4.79 Å². The van der Waals surface area contributed by atoms with Crippen LogP contribution in [0.3, 0.4) is 0 Å². The number of benzene rings is 1. The molecule has 0 saturated carbocycles. The molecule has 8 heteroatoms. The van der Waals surface area contributed by atoms with E-state index in [9.17, 15) is 19.5 Å². The van der Waals surface area contributed by atoms with Gasteiger partial charge in [0.15, 0.2) is 5.92 Å². The van der Waals surface area contributed by atoms with Crippen LogP contribution in [0.4, 0.5) is 10.5 Å². The van der Waals surface area contributed by atoms with E-state index in [-0.39, 0.29) is 24.5 Å². The summed E-state index contributed by atoms with van der Waals surface area (Å²) in [6, 6.07) is 3.80. The lowest BCUT2D eigenvalue weighted by Crippen LogP contribution is -2.60. The Bertz CT molecular complexity index is 812. The molecule has 1 fully saturated rings. The molecule has 170 valence electrons. The van der Waals surface area contributed by atoms with Crippen molar-refractivity contribution in [1.82, 2.24) is 9.80 Å². The van der Waals surface area contributed by atoms with Gasteiger partial charge in [-0.1, -0.05) is 64.0 Å². The van der Waals surface area contributed by atoms with E-state index >= 15 is 0 Å². The fourth-order valence-electron chi connectivity index (χ4n) is 3.44. The number of imide groups is 2. The van der Waals surface area contributed by atoms with E-state index in [1.165, 1.54) is 35.7 Å². The first kappa shape index (κ1) is 24.9. The van der Waals surface area contributed by atoms with E-state index in [0.717, 1.165) is 37.0 Å². The van der Waals surface area contributed by atoms with Gasteiger partial charge >= 0.3 is 6.03 Å². The van der Waals surface area contributed by atoms with Gasteiger partial charge < -0.3 is 5.11 Å². The Morgan fingerprint density at radius 3 is 2.16 bits per heavy atom. The number of rotatable bonds is 12. The second-order valence-corrected chi connectivity index (χ2v) is 8.21. The molecule has 7 nitrogen and oxygen atoms in total. The van der Waals surface area contributed by atoms with Gasteiger partial charge in [0, 0.05) is 24.3 Å². The third kappa shape index (κ3) is 6.79. The van der Waals surface area contributed by atoms with Gasteiger partial charge in [0.25, 0.3) is 0 Å². The molecule has 1 atom stereocenters. The van der Waals surface area contributed by atoms with E-state index in [4.69, 9.17) is 11.6 Å². The summed E-state index contributed by atoms with van der Waals surface area (Å²) in [6.45, 7) is 4.67. The number of urea groups is 1. The van der Waals surface area contributed by atoms with Gasteiger partial charge in [0.1, 0.15) is 11.4 Å². The van der Waals surface area contributed by atoms with Gasteiger partial charge in [-0.3, -0.25) is 24.4 Å². The third-order valence-electron chi connectivity index (χ3n) is 5.30. The highest BCUT2D eigenvalue weighted by molar-refractivity contribution is 6.31. The molecule has 1 aliphatic rings. The van der Waals surface area contributed by atoms with Crippen molar-refractivity contribution in [2.75, 3.05) is 13.1 Å². The predicted octanol–water partition coefficient (Wildman–Crippen LogP) is 5.32. The van der Waals surface area contributed by atoms with Crippen LogP contribution in [0.2, 0.25) is 5.02 Å². The normalized spacial score (nSPS) is 17.3. The Labute approximate surface area is 189 Å². The van der Waals surface area contributed by atoms with E-state index in [2.05, 4.69) is 11.9 Å². The molecule has 31 heavy (non-hydrogen) atoms. The second-order valence-electron chi connectivity index (χ2n) is 7.77. The number of unbranched alkanes of at least 4 members (excludes halogenated alkanes) is 6. The summed E-state index contributed by atoms with van der Waals surface area (Å²) in [5.41, 5.74) is 0.160. The molecule has 1 N–H and O–H groups in total. The number of aliphatic imine (C=N–C) groups is 1. The average Bonchev–Trinajstić information content (AvgIpc) is 2.74. The van der Waals surface area contributed by atoms with E-state index in [1.54, 1.807) is 0 Å². The molecule has 0 aliphatic carbocycles. The standard InChI is InChI=1S/C23H32ClN3O4/c1-3-5-7-8-9-10-14-27-22(30)18(21(29)26(23(27)31)13-6-4-2)16-25-19-15-17(24)11-12-20(19)28/h11-12,15-16,18,28H,3-10,13-14H2,1-2H3. The summed E-state index contributed by atoms with van der Waals surface area (Å²) in [6.07, 6.45) is 8.84. The lowest BCUT2D eigenvalue weighted by molar-refractivity contribution is -0.145. The molecule has 0 bridgehead atoms. The molecule has 1 heterocycles. The van der Waals surface area contributed by atoms with Gasteiger partial charge in [-0.2, -0.15) is 0 Å². The van der Waals surface area contributed by atoms with Crippen LogP contribution in [-0.2, 0) is 9.59 Å². The van der Waals surface area contributed by atoms with Crippen molar-refractivity contribution in [3.63, 3.8) is 0 Å². The maximum Gasteiger partial charge on any atom is 0.333 e. The van der Waals surface area contributed by atoms with Crippen molar-refractivity contribution in [3.8, 4) is 5.75 Å². The molecule has 0 radical (unpaired) electrons. The summed E-state index contributed by atoms with van der Waals surface area (Å²) < 4.78 is 0. The van der Waals surface area contributed by atoms with Crippen LogP contribution in [0, 0.1) is 5.92 Å². The number of aromatic hydroxyl groups is 1. The highest BCUT2D eigenvalue weighted by atomic mass is 35.5. The minimum absolute atomic E-state index is 0.112. The minimum Gasteiger partial charge on any atom is -0.506 e. The van der Waals surface area contributed by atoms with Crippen molar-refractivity contribution in [1.29, 1.82) is 0 Å². The zero-order valence-electron chi connectivity index (χ0n) is 18.3. The first-order valence-electron chi connectivity index (χ1n) is 11.1. The van der Waals surface area contributed by atoms with Gasteiger partial charge in [-0.05, 0) is 31.0 Å². The molecule has 0 aromatic heterocycles. The number of hydrogen-bond acceptors (Lipinski definition) is 5. The first-order valence-corrected chi connectivity index (χ1v) is 11.5. The summed E-state index contributed by atoms with van der Waals surface area (Å²) in [5, 5.41) is 10.3. The number of hydrogen-bond donors (Lipinski definition) is 1. The molecule has 1 saturated heterocycles. The number of phenols is 1. The Hall–Kier alpha value is -2.41. The predicted molar refractivity (Wildman–Crippen MR) is 122 cm³/mol. The molecule has 1 unspecified atom stereocenters. The minimum atomic E-state index is -1.20. The van der Waals surface area contributed by atoms with Crippen LogP contribution in [0.1, 0.15) is 65.2 Å². The SMILES string of the molecule is CCCCCCCCN1C(=O)C(C=Nc2cc(Cl)ccc2O)C(=O)N(CCCC)C1=O. The van der Waals surface area contributed by atoms with Crippen LogP contribution < -0.4 is 0 Å². The van der Waals surface area contributed by atoms with Crippen LogP contribution in [0.25, 0.3) is 0 Å². The topological polar surface area (TPSA) is 90.3 Å². The maximum absolute atomic E-state index is 13.0. The maximum atomic E-state index is 13.0. The van der Waals surface area contributed by atoms with Crippen molar-refractivity contribution in [2.45, 2.75) is 65.2 Å². The molecular weight excluding hydrogens is 418 g/mol. The molecule has 1 aromatic rings. The number of amides is 4. The Morgan fingerprint density at radius 2 is 1.52 bits per heavy atom. The summed E-state index contributed by atoms with van der Waals surface area (Å²) >= 11 is 5.94. The highest BCUT2D eigenvalue weighted by Crippen LogP contribution is 2.29. The van der Waals surface area contributed by atoms with Crippen LogP contribution >= 0.6 is 11.6 Å². The van der Waals surface area contributed by atoms with Crippen molar-refractivity contribution < 1.29 is 19.5 Å². The Kier molecular flexibility index (Phi) is 9.98. The molecule has 1 aromatic carbocycles. The smallest absolute Gasteiger partial charge is 0.333 e. The van der Waals surface area contributed by atoms with Crippen LogP contribution in [0.5, 0.6) is 5.75 Å². The fourth-order valence-corrected chi connectivity index (χ4v) is 3.60. The van der Waals surface area contributed by atoms with Crippen molar-refractivity contribution in [2.24, 2.45) is 10.9 Å². The molecule has 1 aliphatic heterocycles. The summed E-state index contributed by atoms with van der Waals surface area (Å²) in [5.74, 6) is -2.46. The number of carbonyl (C=O) groups is 3. The number of phenolic OH excluding ortho intramolecular Hbond substituents is 1. The number of carbonyl (C=O) groups excluding carboxylic acids is 3. The van der Waals surface area contributed by atoms with Crippen LogP contribution in [-0.4, -0.2) is 52.1 Å². The molecule has 4 amide bonds. The zero-order chi connectivity index (χ0) is 22.8. The Morgan fingerprint density at radius 1 is 0.935 bits per heavy atom. The number of halogens is 1. The second kappa shape index (κ2) is 12.4. The number of barbiturate groups is 1. The van der Waals surface area contributed by atoms with Crippen molar-refractivity contribution >= 4 is 41.3 Å². The summed E-state index contributed by atoms with van der Waals surface area (Å²) in [7, 11) is 0. The summed E-state index contributed by atoms with van der Waals surface area (Å²) in [4.78, 5) is 45.2. The lowest BCUT2D eigenvalue weighted by Gasteiger charge is -2.35.